The molecular weight excluding hydrogens is 472 g/mol. The maximum absolute atomic E-state index is 11.8. The molecule has 19 heteroatoms. The number of nitrogens with zero attached hydrogens (tertiary/aromatic N) is 1. The number of hydrogen-bond donors (Lipinski definition) is 4. The summed E-state index contributed by atoms with van der Waals surface area (Å²) in [7, 11) is -16.7. The molecule has 0 bridgehead atoms. The zero-order valence-electron chi connectivity index (χ0n) is 15.1. The minimum absolute atomic E-state index is 0. The van der Waals surface area contributed by atoms with E-state index in [0.29, 0.717) is 0 Å². The second-order valence-electron chi connectivity index (χ2n) is 5.63. The van der Waals surface area contributed by atoms with Crippen LogP contribution in [-0.2, 0) is 31.6 Å². The van der Waals surface area contributed by atoms with E-state index in [9.17, 15) is 33.1 Å². The number of hydrogen-bond acceptors (Lipinski definition) is 10. The number of aryl methyl sites for hydroxylation is 1. The number of aromatic nitrogens is 2. The van der Waals surface area contributed by atoms with Gasteiger partial charge >= 0.3 is 50.9 Å². The van der Waals surface area contributed by atoms with Crippen LogP contribution in [0.25, 0.3) is 0 Å². The number of aromatic amines is 1. The second kappa shape index (κ2) is 10.1. The van der Waals surface area contributed by atoms with Crippen LogP contribution in [0.5, 0.6) is 0 Å². The standard InChI is InChI=1S/C10H17N2O13P3.Na/c1-6-4-12(10(14)11-9(6)13)8-3-2-7(23-8)5-22-27(18,19)25-28(20,21)24-26(15,16)17;/h4,7-8H,2-3,5H2,1H3,(H,18,19)(H,20,21)(H,11,13,14)(H2,15,16,17);/q;+1/p-1/t7-,8+;/m0./s1. The van der Waals surface area contributed by atoms with E-state index in [0.717, 1.165) is 4.57 Å². The number of ether oxygens (including phenoxy) is 1. The Balaban J connectivity index is 0.00000420. The summed E-state index contributed by atoms with van der Waals surface area (Å²) in [6.45, 7) is 0.849. The van der Waals surface area contributed by atoms with Gasteiger partial charge in [0.2, 0.25) is 0 Å². The molecule has 3 unspecified atom stereocenters. The first-order chi connectivity index (χ1) is 12.7. The summed E-state index contributed by atoms with van der Waals surface area (Å²) in [4.78, 5) is 62.4. The van der Waals surface area contributed by atoms with E-state index in [1.165, 1.54) is 13.1 Å². The molecule has 0 aliphatic carbocycles. The molecule has 15 nitrogen and oxygen atoms in total. The maximum Gasteiger partial charge on any atom is 1.00 e. The van der Waals surface area contributed by atoms with Crippen molar-refractivity contribution >= 4 is 23.5 Å². The van der Waals surface area contributed by atoms with E-state index >= 15 is 0 Å². The molecule has 5 atom stereocenters. The Morgan fingerprint density at radius 3 is 2.41 bits per heavy atom. The first-order valence-corrected chi connectivity index (χ1v) is 11.9. The molecule has 1 aromatic heterocycles. The van der Waals surface area contributed by atoms with Crippen LogP contribution in [0.2, 0.25) is 0 Å². The molecule has 0 aromatic carbocycles. The number of rotatable bonds is 8. The predicted octanol–water partition coefficient (Wildman–Crippen LogP) is -3.76. The number of H-pyrrole nitrogens is 1. The van der Waals surface area contributed by atoms with Crippen LogP contribution in [0, 0.1) is 6.92 Å². The number of phosphoric acid groups is 3. The van der Waals surface area contributed by atoms with Crippen LogP contribution in [0.1, 0.15) is 24.6 Å². The molecular formula is C10H16N2NaO13P3. The molecule has 2 heterocycles. The molecule has 1 fully saturated rings. The van der Waals surface area contributed by atoms with Crippen LogP contribution in [0.3, 0.4) is 0 Å². The first kappa shape index (κ1) is 27.1. The molecule has 0 radical (unpaired) electrons. The summed E-state index contributed by atoms with van der Waals surface area (Å²) in [5.74, 6) is 0. The molecule has 160 valence electrons. The number of nitrogens with one attached hydrogen (secondary N) is 1. The smallest absolute Gasteiger partial charge is 0.756 e. The van der Waals surface area contributed by atoms with Crippen molar-refractivity contribution in [1.82, 2.24) is 9.55 Å². The van der Waals surface area contributed by atoms with Crippen molar-refractivity contribution in [2.75, 3.05) is 6.61 Å². The van der Waals surface area contributed by atoms with Gasteiger partial charge in [0.15, 0.2) is 0 Å². The average Bonchev–Trinajstić information content (AvgIpc) is 2.94. The predicted molar refractivity (Wildman–Crippen MR) is 86.8 cm³/mol. The molecule has 4 N–H and O–H groups in total. The largest absolute Gasteiger partial charge is 1.00 e. The van der Waals surface area contributed by atoms with E-state index in [4.69, 9.17) is 14.5 Å². The molecule has 0 amide bonds. The SMILES string of the molecule is Cc1cn([C@H]2CC[C@@H](COP(=O)(O)OP(=O)(O)OP(=O)([O-])O)O2)c(=O)[nH]c1=O.[Na+]. The maximum atomic E-state index is 11.8. The van der Waals surface area contributed by atoms with E-state index in [-0.39, 0.29) is 48.0 Å². The minimum Gasteiger partial charge on any atom is -0.756 e. The van der Waals surface area contributed by atoms with Gasteiger partial charge in [-0.15, -0.1) is 0 Å². The molecule has 1 aliphatic heterocycles. The summed E-state index contributed by atoms with van der Waals surface area (Å²) in [6.07, 6.45) is 0.167. The Morgan fingerprint density at radius 2 is 1.83 bits per heavy atom. The van der Waals surface area contributed by atoms with Gasteiger partial charge in [0.25, 0.3) is 13.4 Å². The van der Waals surface area contributed by atoms with Gasteiger partial charge in [-0.2, -0.15) is 4.31 Å². The fourth-order valence-electron chi connectivity index (χ4n) is 2.29. The molecule has 1 aliphatic rings. The first-order valence-electron chi connectivity index (χ1n) is 7.41. The summed E-state index contributed by atoms with van der Waals surface area (Å²) in [5, 5.41) is 0. The molecule has 2 rings (SSSR count). The Bertz CT molecular complexity index is 986. The number of phosphoric ester groups is 1. The summed E-state index contributed by atoms with van der Waals surface area (Å²) in [6, 6.07) is 0. The van der Waals surface area contributed by atoms with Crippen LogP contribution in [0.4, 0.5) is 0 Å². The van der Waals surface area contributed by atoms with E-state index in [1.807, 2.05) is 0 Å². The van der Waals surface area contributed by atoms with Crippen LogP contribution < -0.4 is 45.7 Å². The molecule has 0 spiro atoms. The van der Waals surface area contributed by atoms with Gasteiger partial charge < -0.3 is 24.3 Å². The van der Waals surface area contributed by atoms with Crippen molar-refractivity contribution in [3.05, 3.63) is 32.6 Å². The van der Waals surface area contributed by atoms with Gasteiger partial charge in [-0.05, 0) is 19.8 Å². The van der Waals surface area contributed by atoms with Crippen molar-refractivity contribution in [3.8, 4) is 0 Å². The van der Waals surface area contributed by atoms with Gasteiger partial charge in [-0.25, -0.2) is 18.2 Å². The van der Waals surface area contributed by atoms with Crippen molar-refractivity contribution in [2.45, 2.75) is 32.1 Å². The van der Waals surface area contributed by atoms with E-state index in [2.05, 4.69) is 18.1 Å². The summed E-state index contributed by atoms with van der Waals surface area (Å²) < 4.78 is 51.3. The zero-order chi connectivity index (χ0) is 21.3. The van der Waals surface area contributed by atoms with Crippen molar-refractivity contribution in [1.29, 1.82) is 0 Å². The third-order valence-electron chi connectivity index (χ3n) is 3.38. The van der Waals surface area contributed by atoms with Crippen molar-refractivity contribution < 1.29 is 80.7 Å². The molecule has 0 saturated carbocycles. The summed E-state index contributed by atoms with van der Waals surface area (Å²) >= 11 is 0. The van der Waals surface area contributed by atoms with E-state index in [1.54, 1.807) is 0 Å². The second-order valence-corrected chi connectivity index (χ2v) is 10.0. The summed E-state index contributed by atoms with van der Waals surface area (Å²) in [5.41, 5.74) is -1.02. The van der Waals surface area contributed by atoms with Crippen LogP contribution in [-0.4, -0.2) is 36.9 Å². The monoisotopic (exact) mass is 488 g/mol. The molecule has 29 heavy (non-hydrogen) atoms. The topological polar surface area (TPSA) is 227 Å². The van der Waals surface area contributed by atoms with Crippen molar-refractivity contribution in [3.63, 3.8) is 0 Å². The van der Waals surface area contributed by atoms with Gasteiger partial charge in [0, 0.05) is 11.8 Å². The Kier molecular flexibility index (Phi) is 9.44. The molecule has 1 saturated heterocycles. The van der Waals surface area contributed by atoms with Crippen LogP contribution >= 0.6 is 23.5 Å². The minimum atomic E-state index is -5.73. The van der Waals surface area contributed by atoms with E-state index < -0.39 is 53.7 Å². The van der Waals surface area contributed by atoms with Gasteiger partial charge in [-0.3, -0.25) is 23.4 Å². The Hall–Kier alpha value is 0.0500. The average molecular weight is 488 g/mol. The van der Waals surface area contributed by atoms with Crippen LogP contribution in [0.15, 0.2) is 15.8 Å². The van der Waals surface area contributed by atoms with Gasteiger partial charge in [0.05, 0.1) is 12.7 Å². The molecule has 1 aromatic rings. The third-order valence-corrected chi connectivity index (χ3v) is 7.15. The normalized spacial score (nSPS) is 25.4. The quantitative estimate of drug-likeness (QED) is 0.204. The van der Waals surface area contributed by atoms with Gasteiger partial charge in [-0.1, -0.05) is 0 Å². The Morgan fingerprint density at radius 1 is 1.21 bits per heavy atom. The Labute approximate surface area is 184 Å². The van der Waals surface area contributed by atoms with Gasteiger partial charge in [0.1, 0.15) is 6.23 Å². The fourth-order valence-corrected chi connectivity index (χ4v) is 5.31. The van der Waals surface area contributed by atoms with Crippen molar-refractivity contribution in [2.24, 2.45) is 0 Å². The zero-order valence-corrected chi connectivity index (χ0v) is 19.7. The third kappa shape index (κ3) is 8.60. The fraction of sp³-hybridized carbons (Fsp3) is 0.600.